The van der Waals surface area contributed by atoms with E-state index in [-0.39, 0.29) is 29.6 Å². The molecule has 5 rings (SSSR count). The molecule has 188 valence electrons. The highest BCUT2D eigenvalue weighted by molar-refractivity contribution is 5.93. The van der Waals surface area contributed by atoms with Crippen molar-refractivity contribution in [3.63, 3.8) is 0 Å². The fourth-order valence-electron chi connectivity index (χ4n) is 7.66. The Labute approximate surface area is 210 Å². The second kappa shape index (κ2) is 9.05. The zero-order valence-corrected chi connectivity index (χ0v) is 21.8. The summed E-state index contributed by atoms with van der Waals surface area (Å²) in [6, 6.07) is 8.96. The molecule has 35 heavy (non-hydrogen) atoms. The summed E-state index contributed by atoms with van der Waals surface area (Å²) in [5, 5.41) is 21.6. The van der Waals surface area contributed by atoms with Crippen LogP contribution in [0.2, 0.25) is 0 Å². The molecular weight excluding hydrogens is 434 g/mol. The molecular formula is C31H41NO3. The summed E-state index contributed by atoms with van der Waals surface area (Å²) in [4.78, 5) is 14.4. The molecule has 0 aliphatic heterocycles. The van der Waals surface area contributed by atoms with Gasteiger partial charge in [0.2, 0.25) is 0 Å². The van der Waals surface area contributed by atoms with Crippen molar-refractivity contribution in [1.82, 2.24) is 0 Å². The van der Waals surface area contributed by atoms with E-state index in [1.165, 1.54) is 22.4 Å². The van der Waals surface area contributed by atoms with E-state index in [0.717, 1.165) is 38.5 Å². The molecule has 6 atom stereocenters. The molecule has 0 bridgehead atoms. The molecule has 1 aromatic carbocycles. The Morgan fingerprint density at radius 1 is 1.14 bits per heavy atom. The SMILES string of the molecule is CC(/C=C/[C@]1(O)CC[C@H]2[C@@H]3CCC4=CC(=O)CCC4=C3[C@@H](c3ccc(N(C)C)cc3)C[C@@]21C)CO. The lowest BCUT2D eigenvalue weighted by Crippen LogP contribution is -2.50. The van der Waals surface area contributed by atoms with Gasteiger partial charge in [0, 0.05) is 44.1 Å². The van der Waals surface area contributed by atoms with E-state index in [4.69, 9.17) is 0 Å². The molecule has 0 aromatic heterocycles. The van der Waals surface area contributed by atoms with Gasteiger partial charge in [0.1, 0.15) is 0 Å². The average molecular weight is 476 g/mol. The Balaban J connectivity index is 1.62. The van der Waals surface area contributed by atoms with E-state index in [1.54, 1.807) is 5.57 Å². The Kier molecular flexibility index (Phi) is 6.34. The van der Waals surface area contributed by atoms with Gasteiger partial charge in [-0.15, -0.1) is 0 Å². The predicted molar refractivity (Wildman–Crippen MR) is 141 cm³/mol. The predicted octanol–water partition coefficient (Wildman–Crippen LogP) is 5.57. The van der Waals surface area contributed by atoms with Crippen LogP contribution in [0.3, 0.4) is 0 Å². The van der Waals surface area contributed by atoms with Gasteiger partial charge in [-0.25, -0.2) is 0 Å². The van der Waals surface area contributed by atoms with Crippen molar-refractivity contribution in [3.8, 4) is 0 Å². The van der Waals surface area contributed by atoms with E-state index < -0.39 is 5.60 Å². The number of aliphatic hydroxyl groups excluding tert-OH is 1. The number of carbonyl (C=O) groups excluding carboxylic acids is 1. The van der Waals surface area contributed by atoms with Crippen molar-refractivity contribution in [2.24, 2.45) is 23.2 Å². The molecule has 1 aromatic rings. The van der Waals surface area contributed by atoms with Gasteiger partial charge in [0.25, 0.3) is 0 Å². The van der Waals surface area contributed by atoms with Crippen LogP contribution in [0.1, 0.15) is 70.3 Å². The lowest BCUT2D eigenvalue weighted by molar-refractivity contribution is -0.114. The summed E-state index contributed by atoms with van der Waals surface area (Å²) >= 11 is 0. The number of benzene rings is 1. The highest BCUT2D eigenvalue weighted by Crippen LogP contribution is 2.67. The first kappa shape index (κ1) is 24.5. The molecule has 2 fully saturated rings. The van der Waals surface area contributed by atoms with Crippen LogP contribution in [-0.2, 0) is 4.79 Å². The van der Waals surface area contributed by atoms with Crippen molar-refractivity contribution >= 4 is 11.5 Å². The molecule has 2 saturated carbocycles. The summed E-state index contributed by atoms with van der Waals surface area (Å²) in [7, 11) is 4.13. The largest absolute Gasteiger partial charge is 0.396 e. The molecule has 0 spiro atoms. The third-order valence-corrected chi connectivity index (χ3v) is 9.75. The van der Waals surface area contributed by atoms with Crippen LogP contribution in [0.5, 0.6) is 0 Å². The number of aliphatic hydroxyl groups is 2. The van der Waals surface area contributed by atoms with Gasteiger partial charge in [0.05, 0.1) is 5.60 Å². The molecule has 4 aliphatic carbocycles. The van der Waals surface area contributed by atoms with Crippen LogP contribution in [0.4, 0.5) is 5.69 Å². The van der Waals surface area contributed by atoms with Crippen LogP contribution < -0.4 is 4.90 Å². The number of hydrogen-bond donors (Lipinski definition) is 2. The fourth-order valence-corrected chi connectivity index (χ4v) is 7.66. The number of rotatable bonds is 5. The quantitative estimate of drug-likeness (QED) is 0.547. The van der Waals surface area contributed by atoms with E-state index in [0.29, 0.717) is 18.3 Å². The smallest absolute Gasteiger partial charge is 0.156 e. The maximum absolute atomic E-state index is 12.2. The van der Waals surface area contributed by atoms with Crippen LogP contribution in [-0.4, -0.2) is 42.3 Å². The third kappa shape index (κ3) is 4.03. The number of anilines is 1. The molecule has 0 radical (unpaired) electrons. The maximum Gasteiger partial charge on any atom is 0.156 e. The van der Waals surface area contributed by atoms with Gasteiger partial charge in [-0.05, 0) is 91.2 Å². The van der Waals surface area contributed by atoms with E-state index >= 15 is 0 Å². The second-order valence-corrected chi connectivity index (χ2v) is 12.0. The third-order valence-electron chi connectivity index (χ3n) is 9.75. The minimum atomic E-state index is -0.863. The molecule has 0 saturated heterocycles. The summed E-state index contributed by atoms with van der Waals surface area (Å²) in [6.07, 6.45) is 12.2. The van der Waals surface area contributed by atoms with Crippen LogP contribution in [0, 0.1) is 23.2 Å². The van der Waals surface area contributed by atoms with Crippen molar-refractivity contribution in [2.45, 2.75) is 70.3 Å². The molecule has 0 heterocycles. The first-order valence-electron chi connectivity index (χ1n) is 13.4. The van der Waals surface area contributed by atoms with Crippen LogP contribution >= 0.6 is 0 Å². The Morgan fingerprint density at radius 3 is 2.57 bits per heavy atom. The first-order chi connectivity index (χ1) is 16.7. The number of carbonyl (C=O) groups is 1. The fraction of sp³-hybridized carbons (Fsp3) is 0.581. The zero-order valence-electron chi connectivity index (χ0n) is 21.8. The molecule has 4 heteroatoms. The van der Waals surface area contributed by atoms with Crippen molar-refractivity contribution in [2.75, 3.05) is 25.6 Å². The highest BCUT2D eigenvalue weighted by atomic mass is 16.3. The molecule has 1 unspecified atom stereocenters. The number of allylic oxidation sites excluding steroid dienone is 4. The zero-order chi connectivity index (χ0) is 25.0. The van der Waals surface area contributed by atoms with Gasteiger partial charge < -0.3 is 15.1 Å². The Bertz CT molecular complexity index is 1080. The average Bonchev–Trinajstić information content (AvgIpc) is 3.12. The summed E-state index contributed by atoms with van der Waals surface area (Å²) in [6.45, 7) is 4.41. The van der Waals surface area contributed by atoms with E-state index in [9.17, 15) is 15.0 Å². The topological polar surface area (TPSA) is 60.8 Å². The molecule has 4 aliphatic rings. The molecule has 0 amide bonds. The van der Waals surface area contributed by atoms with Crippen molar-refractivity contribution < 1.29 is 15.0 Å². The highest BCUT2D eigenvalue weighted by Gasteiger charge is 2.62. The Morgan fingerprint density at radius 2 is 1.89 bits per heavy atom. The van der Waals surface area contributed by atoms with E-state index in [2.05, 4.69) is 50.2 Å². The maximum atomic E-state index is 12.2. The van der Waals surface area contributed by atoms with Gasteiger partial charge in [-0.2, -0.15) is 0 Å². The minimum absolute atomic E-state index is 0.0412. The summed E-state index contributed by atoms with van der Waals surface area (Å²) in [5.74, 6) is 1.44. The number of fused-ring (bicyclic) bond motifs is 4. The summed E-state index contributed by atoms with van der Waals surface area (Å²) in [5.41, 5.74) is 5.70. The normalized spacial score (nSPS) is 35.4. The number of ketones is 1. The monoisotopic (exact) mass is 475 g/mol. The second-order valence-electron chi connectivity index (χ2n) is 12.0. The van der Waals surface area contributed by atoms with Crippen molar-refractivity contribution in [1.29, 1.82) is 0 Å². The van der Waals surface area contributed by atoms with Crippen LogP contribution in [0.25, 0.3) is 0 Å². The van der Waals surface area contributed by atoms with Gasteiger partial charge in [-0.1, -0.05) is 43.7 Å². The van der Waals surface area contributed by atoms with Gasteiger partial charge in [0.15, 0.2) is 5.78 Å². The van der Waals surface area contributed by atoms with E-state index in [1.807, 2.05) is 25.2 Å². The molecule has 4 nitrogen and oxygen atoms in total. The Hall–Kier alpha value is -2.17. The number of hydrogen-bond acceptors (Lipinski definition) is 4. The number of nitrogens with zero attached hydrogens (tertiary/aromatic N) is 1. The van der Waals surface area contributed by atoms with Crippen LogP contribution in [0.15, 0.2) is 59.2 Å². The first-order valence-corrected chi connectivity index (χ1v) is 13.4. The molecule has 2 N–H and O–H groups in total. The van der Waals surface area contributed by atoms with Gasteiger partial charge >= 0.3 is 0 Å². The standard InChI is InChI=1S/C31H41NO3/c1-20(19-33)13-15-31(35)16-14-28-26-11-7-22-17-24(34)10-12-25(22)29(26)27(18-30(28,31)2)21-5-8-23(9-6-21)32(3)4/h5-6,8-9,13,15,17,20,26-28,33,35H,7,10-12,14,16,18-19H2,1-4H3/b15-13+/t20?,26-,27+,28-,30-,31-/m0/s1. The summed E-state index contributed by atoms with van der Waals surface area (Å²) < 4.78 is 0. The van der Waals surface area contributed by atoms with Crippen molar-refractivity contribution in [3.05, 3.63) is 64.8 Å². The lowest BCUT2D eigenvalue weighted by Gasteiger charge is -2.54. The minimum Gasteiger partial charge on any atom is -0.396 e. The van der Waals surface area contributed by atoms with Gasteiger partial charge in [-0.3, -0.25) is 4.79 Å². The lowest BCUT2D eigenvalue weighted by atomic mass is 9.51.